The first-order chi connectivity index (χ1) is 8.10. The Bertz CT molecular complexity index is 675. The first-order valence-electron chi connectivity index (χ1n) is 4.68. The van der Waals surface area contributed by atoms with Gasteiger partial charge in [-0.1, -0.05) is 0 Å². The molecule has 0 amide bonds. The summed E-state index contributed by atoms with van der Waals surface area (Å²) in [6, 6.07) is 3.04. The minimum absolute atomic E-state index is 0.0306. The molecule has 6 heteroatoms. The number of phenols is 1. The van der Waals surface area contributed by atoms with Crippen LogP contribution in [0.25, 0.3) is 11.0 Å². The van der Waals surface area contributed by atoms with Crippen molar-refractivity contribution in [2.75, 3.05) is 0 Å². The van der Waals surface area contributed by atoms with E-state index >= 15 is 0 Å². The second-order valence-electron chi connectivity index (χ2n) is 3.44. The number of carbonyl (C=O) groups is 1. The molecule has 1 heterocycles. The van der Waals surface area contributed by atoms with E-state index in [1.807, 2.05) is 0 Å². The highest BCUT2D eigenvalue weighted by Crippen LogP contribution is 2.29. The molecule has 0 saturated heterocycles. The van der Waals surface area contributed by atoms with Crippen molar-refractivity contribution in [1.29, 1.82) is 0 Å². The number of halogens is 1. The SMILES string of the molecule is Cc1c(Br)/c(=N\O)oc2c(C=O)c(O)ccc12. The highest BCUT2D eigenvalue weighted by Gasteiger charge is 2.13. The molecule has 0 aliphatic carbocycles. The van der Waals surface area contributed by atoms with Crippen LogP contribution in [0.4, 0.5) is 0 Å². The van der Waals surface area contributed by atoms with Crippen LogP contribution in [0, 0.1) is 6.92 Å². The molecule has 5 nitrogen and oxygen atoms in total. The second kappa shape index (κ2) is 4.21. The second-order valence-corrected chi connectivity index (χ2v) is 4.23. The van der Waals surface area contributed by atoms with E-state index in [9.17, 15) is 9.90 Å². The number of nitrogens with zero attached hydrogens (tertiary/aromatic N) is 1. The Balaban J connectivity index is 3.07. The minimum atomic E-state index is -0.179. The molecule has 1 aromatic carbocycles. The molecule has 0 spiro atoms. The van der Waals surface area contributed by atoms with Crippen molar-refractivity contribution >= 4 is 33.2 Å². The maximum Gasteiger partial charge on any atom is 0.270 e. The number of aldehydes is 1. The van der Waals surface area contributed by atoms with Gasteiger partial charge in [0, 0.05) is 5.39 Å². The van der Waals surface area contributed by atoms with Gasteiger partial charge in [0.2, 0.25) is 0 Å². The maximum absolute atomic E-state index is 10.9. The lowest BCUT2D eigenvalue weighted by Crippen LogP contribution is -2.06. The van der Waals surface area contributed by atoms with Gasteiger partial charge in [-0.25, -0.2) is 0 Å². The summed E-state index contributed by atoms with van der Waals surface area (Å²) in [5, 5.41) is 22.0. The fourth-order valence-corrected chi connectivity index (χ4v) is 1.97. The third kappa shape index (κ3) is 1.70. The van der Waals surface area contributed by atoms with Crippen LogP contribution in [0.1, 0.15) is 15.9 Å². The van der Waals surface area contributed by atoms with E-state index < -0.39 is 0 Å². The molecule has 2 aromatic rings. The van der Waals surface area contributed by atoms with Crippen LogP contribution < -0.4 is 5.55 Å². The quantitative estimate of drug-likeness (QED) is 0.481. The number of benzene rings is 1. The molecule has 0 fully saturated rings. The molecule has 1 aromatic heterocycles. The average molecular weight is 298 g/mol. The van der Waals surface area contributed by atoms with Crippen LogP contribution in [0.15, 0.2) is 26.2 Å². The average Bonchev–Trinajstić information content (AvgIpc) is 2.33. The summed E-state index contributed by atoms with van der Waals surface area (Å²) >= 11 is 3.23. The summed E-state index contributed by atoms with van der Waals surface area (Å²) in [6.07, 6.45) is 0.496. The largest absolute Gasteiger partial charge is 0.507 e. The molecule has 0 atom stereocenters. The number of phenolic OH excluding ortho intramolecular Hbond substituents is 1. The minimum Gasteiger partial charge on any atom is -0.507 e. The Morgan fingerprint density at radius 2 is 2.18 bits per heavy atom. The first-order valence-corrected chi connectivity index (χ1v) is 5.47. The molecule has 0 aliphatic heterocycles. The van der Waals surface area contributed by atoms with Crippen molar-refractivity contribution in [3.05, 3.63) is 33.3 Å². The highest BCUT2D eigenvalue weighted by atomic mass is 79.9. The molecule has 0 radical (unpaired) electrons. The fourth-order valence-electron chi connectivity index (χ4n) is 1.59. The number of aryl methyl sites for hydroxylation is 1. The first kappa shape index (κ1) is 11.7. The maximum atomic E-state index is 10.9. The lowest BCUT2D eigenvalue weighted by Gasteiger charge is -2.06. The third-order valence-electron chi connectivity index (χ3n) is 2.50. The summed E-state index contributed by atoms with van der Waals surface area (Å²) in [6.45, 7) is 1.78. The summed E-state index contributed by atoms with van der Waals surface area (Å²) < 4.78 is 5.77. The number of rotatable bonds is 1. The topological polar surface area (TPSA) is 83.0 Å². The number of fused-ring (bicyclic) bond motifs is 1. The van der Waals surface area contributed by atoms with Gasteiger partial charge in [0.1, 0.15) is 5.75 Å². The normalized spacial score (nSPS) is 12.0. The number of aromatic hydroxyl groups is 1. The molecular formula is C11H8BrNO4. The van der Waals surface area contributed by atoms with Crippen molar-refractivity contribution in [2.24, 2.45) is 5.16 Å². The molecular weight excluding hydrogens is 290 g/mol. The smallest absolute Gasteiger partial charge is 0.270 e. The molecule has 2 rings (SSSR count). The van der Waals surface area contributed by atoms with E-state index in [4.69, 9.17) is 9.62 Å². The van der Waals surface area contributed by atoms with Gasteiger partial charge in [0.15, 0.2) is 11.9 Å². The van der Waals surface area contributed by atoms with E-state index in [1.54, 1.807) is 13.0 Å². The van der Waals surface area contributed by atoms with Crippen LogP contribution in [0.2, 0.25) is 0 Å². The zero-order valence-electron chi connectivity index (χ0n) is 8.77. The van der Waals surface area contributed by atoms with Gasteiger partial charge in [-0.3, -0.25) is 4.79 Å². The summed E-state index contributed by atoms with van der Waals surface area (Å²) in [4.78, 5) is 10.9. The van der Waals surface area contributed by atoms with E-state index in [-0.39, 0.29) is 22.5 Å². The third-order valence-corrected chi connectivity index (χ3v) is 3.44. The van der Waals surface area contributed by atoms with Crippen molar-refractivity contribution in [2.45, 2.75) is 6.92 Å². The molecule has 0 aliphatic rings. The van der Waals surface area contributed by atoms with Crippen LogP contribution in [-0.4, -0.2) is 16.6 Å². The number of carbonyl (C=O) groups excluding carboxylic acids is 1. The Morgan fingerprint density at radius 1 is 1.47 bits per heavy atom. The predicted octanol–water partition coefficient (Wildman–Crippen LogP) is 2.31. The zero-order chi connectivity index (χ0) is 12.6. The van der Waals surface area contributed by atoms with E-state index in [1.165, 1.54) is 6.07 Å². The molecule has 0 bridgehead atoms. The predicted molar refractivity (Wildman–Crippen MR) is 63.1 cm³/mol. The van der Waals surface area contributed by atoms with E-state index in [2.05, 4.69) is 21.1 Å². The van der Waals surface area contributed by atoms with Crippen LogP contribution in [0.3, 0.4) is 0 Å². The fraction of sp³-hybridized carbons (Fsp3) is 0.0909. The Labute approximate surface area is 104 Å². The highest BCUT2D eigenvalue weighted by molar-refractivity contribution is 9.10. The van der Waals surface area contributed by atoms with Crippen molar-refractivity contribution in [1.82, 2.24) is 0 Å². The molecule has 17 heavy (non-hydrogen) atoms. The number of hydrogen-bond acceptors (Lipinski definition) is 5. The molecule has 0 unspecified atom stereocenters. The van der Waals surface area contributed by atoms with Crippen molar-refractivity contribution in [3.8, 4) is 5.75 Å². The summed E-state index contributed by atoms with van der Waals surface area (Å²) in [5.41, 5.74) is 0.919. The van der Waals surface area contributed by atoms with Gasteiger partial charge < -0.3 is 14.7 Å². The van der Waals surface area contributed by atoms with Gasteiger partial charge in [-0.2, -0.15) is 0 Å². The lowest BCUT2D eigenvalue weighted by atomic mass is 10.1. The van der Waals surface area contributed by atoms with Crippen LogP contribution >= 0.6 is 15.9 Å². The van der Waals surface area contributed by atoms with Gasteiger partial charge in [-0.05, 0) is 45.7 Å². The Kier molecular flexibility index (Phi) is 2.89. The van der Waals surface area contributed by atoms with Gasteiger partial charge in [0.05, 0.1) is 10.0 Å². The summed E-state index contributed by atoms with van der Waals surface area (Å²) in [5.74, 6) is -0.179. The van der Waals surface area contributed by atoms with Gasteiger partial charge in [-0.15, -0.1) is 0 Å². The van der Waals surface area contributed by atoms with Crippen molar-refractivity contribution < 1.29 is 19.5 Å². The Hall–Kier alpha value is -1.82. The standard InChI is InChI=1S/C11H8BrNO4/c1-5-6-2-3-8(15)7(4-14)10(6)17-11(13-16)9(5)12/h2-4,15-16H,1H3/b13-11+. The molecule has 0 saturated carbocycles. The number of hydrogen-bond donors (Lipinski definition) is 2. The van der Waals surface area contributed by atoms with Gasteiger partial charge >= 0.3 is 0 Å². The van der Waals surface area contributed by atoms with Gasteiger partial charge in [0.25, 0.3) is 5.55 Å². The van der Waals surface area contributed by atoms with E-state index in [0.717, 1.165) is 5.56 Å². The van der Waals surface area contributed by atoms with Crippen molar-refractivity contribution in [3.63, 3.8) is 0 Å². The lowest BCUT2D eigenvalue weighted by molar-refractivity contribution is 0.112. The summed E-state index contributed by atoms with van der Waals surface area (Å²) in [7, 11) is 0. The van der Waals surface area contributed by atoms with E-state index in [0.29, 0.717) is 16.1 Å². The molecule has 2 N–H and O–H groups in total. The zero-order valence-corrected chi connectivity index (χ0v) is 10.4. The van der Waals surface area contributed by atoms with Crippen LogP contribution in [0.5, 0.6) is 5.75 Å². The Morgan fingerprint density at radius 3 is 2.76 bits per heavy atom. The molecule has 88 valence electrons. The van der Waals surface area contributed by atoms with Crippen LogP contribution in [-0.2, 0) is 0 Å². The monoisotopic (exact) mass is 297 g/mol.